The van der Waals surface area contributed by atoms with Crippen LogP contribution in [-0.4, -0.2) is 39.4 Å². The van der Waals surface area contributed by atoms with E-state index in [1.54, 1.807) is 7.11 Å². The summed E-state index contributed by atoms with van der Waals surface area (Å²) in [5, 5.41) is 4.42. The molecule has 1 amide bonds. The zero-order chi connectivity index (χ0) is 16.7. The highest BCUT2D eigenvalue weighted by atomic mass is 16.6. The first-order chi connectivity index (χ1) is 11.1. The summed E-state index contributed by atoms with van der Waals surface area (Å²) >= 11 is 0. The second kappa shape index (κ2) is 8.14. The predicted octanol–water partition coefficient (Wildman–Crippen LogP) is 2.29. The van der Waals surface area contributed by atoms with E-state index in [1.807, 2.05) is 36.4 Å². The van der Waals surface area contributed by atoms with Crippen molar-refractivity contribution in [1.29, 1.82) is 0 Å². The van der Waals surface area contributed by atoms with Crippen LogP contribution in [0.3, 0.4) is 0 Å². The molecule has 0 aliphatic heterocycles. The number of rotatable bonds is 6. The second-order valence-electron chi connectivity index (χ2n) is 4.91. The van der Waals surface area contributed by atoms with Crippen LogP contribution >= 0.6 is 0 Å². The van der Waals surface area contributed by atoms with Gasteiger partial charge >= 0.3 is 12.1 Å². The molecular weight excluding hydrogens is 298 g/mol. The average molecular weight is 317 g/mol. The first-order valence-corrected chi connectivity index (χ1v) is 7.16. The molecule has 0 unspecified atom stereocenters. The third kappa shape index (κ3) is 4.96. The van der Waals surface area contributed by atoms with Crippen molar-refractivity contribution in [3.8, 4) is 5.75 Å². The number of methoxy groups -OCH3 is 2. The number of benzene rings is 2. The molecule has 0 heterocycles. The number of esters is 1. The van der Waals surface area contributed by atoms with Gasteiger partial charge in [0.25, 0.3) is 0 Å². The van der Waals surface area contributed by atoms with Gasteiger partial charge in [-0.25, -0.2) is 4.79 Å². The summed E-state index contributed by atoms with van der Waals surface area (Å²) in [5.41, 5.74) is 0.775. The summed E-state index contributed by atoms with van der Waals surface area (Å²) in [7, 11) is 3.14. The van der Waals surface area contributed by atoms with Crippen LogP contribution in [0.5, 0.6) is 5.75 Å². The highest BCUT2D eigenvalue weighted by molar-refractivity contribution is 5.88. The first-order valence-electron chi connectivity index (χ1n) is 7.16. The molecule has 122 valence electrons. The lowest BCUT2D eigenvalue weighted by atomic mass is 10.0. The van der Waals surface area contributed by atoms with Gasteiger partial charge in [-0.2, -0.15) is 0 Å². The Morgan fingerprint density at radius 1 is 1.04 bits per heavy atom. The van der Waals surface area contributed by atoms with E-state index in [0.29, 0.717) is 13.2 Å². The molecule has 0 aromatic heterocycles. The number of carbonyl (C=O) groups excluding carboxylic acids is 2. The highest BCUT2D eigenvalue weighted by Crippen LogP contribution is 2.22. The summed E-state index contributed by atoms with van der Waals surface area (Å²) in [5.74, 6) is 0.171. The quantitative estimate of drug-likeness (QED) is 0.503. The van der Waals surface area contributed by atoms with Gasteiger partial charge in [0.15, 0.2) is 0 Å². The first kappa shape index (κ1) is 16.8. The Morgan fingerprint density at radius 3 is 2.52 bits per heavy atom. The maximum atomic E-state index is 11.8. The van der Waals surface area contributed by atoms with Crippen LogP contribution < -0.4 is 10.1 Å². The number of fused-ring (bicyclic) bond motifs is 1. The number of carbonyl (C=O) groups is 2. The van der Waals surface area contributed by atoms with Gasteiger partial charge in [-0.3, -0.25) is 4.79 Å². The van der Waals surface area contributed by atoms with Gasteiger partial charge in [-0.15, -0.1) is 0 Å². The summed E-state index contributed by atoms with van der Waals surface area (Å²) in [6.07, 6.45) is -0.739. The molecule has 0 bridgehead atoms. The van der Waals surface area contributed by atoms with E-state index in [1.165, 1.54) is 7.11 Å². The van der Waals surface area contributed by atoms with E-state index in [4.69, 9.17) is 9.47 Å². The number of amides is 1. The lowest BCUT2D eigenvalue weighted by molar-refractivity contribution is -0.136. The molecule has 0 radical (unpaired) electrons. The second-order valence-corrected chi connectivity index (χ2v) is 4.91. The topological polar surface area (TPSA) is 73.9 Å². The van der Waals surface area contributed by atoms with E-state index in [9.17, 15) is 9.59 Å². The minimum Gasteiger partial charge on any atom is -0.497 e. The van der Waals surface area contributed by atoms with Crippen LogP contribution in [0.4, 0.5) is 4.79 Å². The molecule has 2 aromatic carbocycles. The zero-order valence-corrected chi connectivity index (χ0v) is 13.1. The van der Waals surface area contributed by atoms with Gasteiger partial charge < -0.3 is 19.5 Å². The van der Waals surface area contributed by atoms with E-state index < -0.39 is 12.1 Å². The minimum absolute atomic E-state index is 0.0274. The van der Waals surface area contributed by atoms with E-state index in [2.05, 4.69) is 10.1 Å². The molecule has 0 saturated carbocycles. The Balaban J connectivity index is 1.95. The third-order valence-electron chi connectivity index (χ3n) is 3.24. The van der Waals surface area contributed by atoms with Crippen LogP contribution in [0.1, 0.15) is 5.56 Å². The Morgan fingerprint density at radius 2 is 1.78 bits per heavy atom. The minimum atomic E-state index is -0.766. The molecule has 0 aliphatic carbocycles. The molecule has 0 spiro atoms. The Bertz CT molecular complexity index is 698. The van der Waals surface area contributed by atoms with Crippen molar-refractivity contribution in [3.63, 3.8) is 0 Å². The zero-order valence-electron chi connectivity index (χ0n) is 13.1. The van der Waals surface area contributed by atoms with Crippen molar-refractivity contribution in [1.82, 2.24) is 5.32 Å². The molecule has 0 fully saturated rings. The maximum Gasteiger partial charge on any atom is 0.414 e. The van der Waals surface area contributed by atoms with E-state index in [0.717, 1.165) is 22.1 Å². The van der Waals surface area contributed by atoms with Gasteiger partial charge in [0.05, 0.1) is 20.1 Å². The number of nitrogens with one attached hydrogen (secondary N) is 1. The molecular formula is C17H19NO5. The van der Waals surface area contributed by atoms with Gasteiger partial charge in [0.1, 0.15) is 5.75 Å². The summed E-state index contributed by atoms with van der Waals surface area (Å²) < 4.78 is 14.6. The Kier molecular flexibility index (Phi) is 5.94. The highest BCUT2D eigenvalue weighted by Gasteiger charge is 2.11. The standard InChI is InChI=1S/C17H19NO5/c1-21-8-7-18-17(20)23-16(19)10-12-3-4-14-11-15(22-2)6-5-13(14)9-12/h3-6,9,11H,7-8,10H2,1-2H3,(H,18,20). The number of hydrogen-bond donors (Lipinski definition) is 1. The summed E-state index contributed by atoms with van der Waals surface area (Å²) in [6, 6.07) is 11.3. The smallest absolute Gasteiger partial charge is 0.414 e. The average Bonchev–Trinajstić information content (AvgIpc) is 2.54. The molecule has 23 heavy (non-hydrogen) atoms. The Hall–Kier alpha value is -2.60. The predicted molar refractivity (Wildman–Crippen MR) is 85.6 cm³/mol. The molecule has 0 atom stereocenters. The van der Waals surface area contributed by atoms with Gasteiger partial charge in [0.2, 0.25) is 0 Å². The molecule has 2 aromatic rings. The van der Waals surface area contributed by atoms with Crippen LogP contribution in [0.2, 0.25) is 0 Å². The monoisotopic (exact) mass is 317 g/mol. The fourth-order valence-electron chi connectivity index (χ4n) is 2.11. The van der Waals surface area contributed by atoms with E-state index in [-0.39, 0.29) is 6.42 Å². The summed E-state index contributed by atoms with van der Waals surface area (Å²) in [6.45, 7) is 0.651. The van der Waals surface area contributed by atoms with Crippen molar-refractivity contribution in [3.05, 3.63) is 42.0 Å². The SMILES string of the molecule is COCCNC(=O)OC(=O)Cc1ccc2cc(OC)ccc2c1. The van der Waals surface area contributed by atoms with Gasteiger partial charge in [-0.1, -0.05) is 24.3 Å². The van der Waals surface area contributed by atoms with Crippen molar-refractivity contribution in [2.24, 2.45) is 0 Å². The molecule has 0 saturated heterocycles. The van der Waals surface area contributed by atoms with Gasteiger partial charge in [-0.05, 0) is 28.5 Å². The number of hydrogen-bond acceptors (Lipinski definition) is 5. The maximum absolute atomic E-state index is 11.8. The van der Waals surface area contributed by atoms with Gasteiger partial charge in [0, 0.05) is 13.7 Å². The van der Waals surface area contributed by atoms with Crippen LogP contribution in [0.15, 0.2) is 36.4 Å². The summed E-state index contributed by atoms with van der Waals surface area (Å²) in [4.78, 5) is 23.1. The molecule has 6 heteroatoms. The third-order valence-corrected chi connectivity index (χ3v) is 3.24. The lowest BCUT2D eigenvalue weighted by Crippen LogP contribution is -2.30. The fraction of sp³-hybridized carbons (Fsp3) is 0.294. The van der Waals surface area contributed by atoms with E-state index >= 15 is 0 Å². The van der Waals surface area contributed by atoms with Crippen molar-refractivity contribution < 1.29 is 23.8 Å². The normalized spacial score (nSPS) is 10.3. The van der Waals surface area contributed by atoms with Crippen LogP contribution in [-0.2, 0) is 20.7 Å². The number of alkyl carbamates (subject to hydrolysis) is 1. The lowest BCUT2D eigenvalue weighted by Gasteiger charge is -2.07. The molecule has 1 N–H and O–H groups in total. The fourth-order valence-corrected chi connectivity index (χ4v) is 2.11. The van der Waals surface area contributed by atoms with Crippen molar-refractivity contribution in [2.45, 2.75) is 6.42 Å². The molecule has 0 aliphatic rings. The van der Waals surface area contributed by atoms with Crippen LogP contribution in [0.25, 0.3) is 10.8 Å². The largest absolute Gasteiger partial charge is 0.497 e. The van der Waals surface area contributed by atoms with Crippen molar-refractivity contribution >= 4 is 22.8 Å². The molecule has 2 rings (SSSR count). The Labute approximate surface area is 134 Å². The van der Waals surface area contributed by atoms with Crippen LogP contribution in [0, 0.1) is 0 Å². The number of ether oxygens (including phenoxy) is 3. The van der Waals surface area contributed by atoms with Crippen molar-refractivity contribution in [2.75, 3.05) is 27.4 Å². The molecule has 6 nitrogen and oxygen atoms in total.